The highest BCUT2D eigenvalue weighted by Crippen LogP contribution is 1.97. The first kappa shape index (κ1) is 9.49. The smallest absolute Gasteiger partial charge is 0.434 e. The molecule has 3 nitrogen and oxygen atoms in total. The van der Waals surface area contributed by atoms with E-state index in [1.165, 1.54) is 11.8 Å². The molecule has 0 radical (unpaired) electrons. The van der Waals surface area contributed by atoms with Gasteiger partial charge in [-0.25, -0.2) is 4.79 Å². The Morgan fingerprint density at radius 1 is 1.70 bits per heavy atom. The minimum Gasteiger partial charge on any atom is -0.448 e. The first-order chi connectivity index (χ1) is 4.70. The van der Waals surface area contributed by atoms with Crippen molar-refractivity contribution in [3.05, 3.63) is 0 Å². The van der Waals surface area contributed by atoms with Gasteiger partial charge in [0.15, 0.2) is 0 Å². The highest BCUT2D eigenvalue weighted by molar-refractivity contribution is 8.13. The molecule has 0 heterocycles. The lowest BCUT2D eigenvalue weighted by atomic mass is 10.8. The normalized spacial score (nSPS) is 11.3. The molecule has 0 fully saturated rings. The average molecular weight is 161 g/mol. The van der Waals surface area contributed by atoms with E-state index in [0.717, 1.165) is 5.04 Å². The fourth-order valence-electron chi connectivity index (χ4n) is 0.330. The number of ether oxygens (including phenoxy) is 1. The molecule has 0 saturated carbocycles. The summed E-state index contributed by atoms with van der Waals surface area (Å²) in [5.74, 6) is 0. The van der Waals surface area contributed by atoms with E-state index in [9.17, 15) is 4.79 Å². The van der Waals surface area contributed by atoms with E-state index in [1.807, 2.05) is 6.26 Å². The number of rotatable bonds is 1. The van der Waals surface area contributed by atoms with Crippen molar-refractivity contribution in [1.29, 1.82) is 0 Å². The number of carbonyl (C=O) groups excluding carboxylic acids is 1. The molecular formula is C6H11NO2S. The predicted molar refractivity (Wildman–Crippen MR) is 43.6 cm³/mol. The molecule has 0 unspecified atom stereocenters. The number of carbonyl (C=O) groups is 1. The lowest BCUT2D eigenvalue weighted by Gasteiger charge is -1.95. The van der Waals surface area contributed by atoms with Crippen molar-refractivity contribution in [3.63, 3.8) is 0 Å². The van der Waals surface area contributed by atoms with Gasteiger partial charge in [-0.05, 0) is 20.1 Å². The third kappa shape index (κ3) is 4.38. The second kappa shape index (κ2) is 5.29. The monoisotopic (exact) mass is 161 g/mol. The molecule has 1 amide bonds. The van der Waals surface area contributed by atoms with Gasteiger partial charge in [0.2, 0.25) is 0 Å². The SMILES string of the molecule is CCOC(=O)N=C(C)SC. The van der Waals surface area contributed by atoms with Crippen LogP contribution in [0.25, 0.3) is 0 Å². The molecule has 0 aliphatic carbocycles. The van der Waals surface area contributed by atoms with Crippen LogP contribution < -0.4 is 0 Å². The first-order valence-corrected chi connectivity index (χ1v) is 4.19. The van der Waals surface area contributed by atoms with E-state index >= 15 is 0 Å². The Morgan fingerprint density at radius 2 is 2.30 bits per heavy atom. The standard InChI is InChI=1S/C6H11NO2S/c1-4-9-6(8)7-5(2)10-3/h4H2,1-3H3. The molecular weight excluding hydrogens is 150 g/mol. The van der Waals surface area contributed by atoms with Crippen molar-refractivity contribution in [1.82, 2.24) is 0 Å². The fourth-order valence-corrected chi connectivity index (χ4v) is 0.496. The molecule has 4 heteroatoms. The third-order valence-corrected chi connectivity index (χ3v) is 1.49. The van der Waals surface area contributed by atoms with E-state index in [1.54, 1.807) is 13.8 Å². The molecule has 0 N–H and O–H groups in total. The molecule has 0 bridgehead atoms. The molecule has 0 rings (SSSR count). The largest absolute Gasteiger partial charge is 0.448 e. The summed E-state index contributed by atoms with van der Waals surface area (Å²) >= 11 is 1.43. The van der Waals surface area contributed by atoms with E-state index in [-0.39, 0.29) is 0 Å². The number of amides is 1. The summed E-state index contributed by atoms with van der Waals surface area (Å²) in [4.78, 5) is 14.2. The summed E-state index contributed by atoms with van der Waals surface area (Å²) in [6.45, 7) is 3.90. The van der Waals surface area contributed by atoms with Gasteiger partial charge in [-0.2, -0.15) is 4.99 Å². The van der Waals surface area contributed by atoms with E-state index in [4.69, 9.17) is 0 Å². The van der Waals surface area contributed by atoms with Gasteiger partial charge in [-0.3, -0.25) is 0 Å². The van der Waals surface area contributed by atoms with Crippen molar-refractivity contribution >= 4 is 22.9 Å². The minimum absolute atomic E-state index is 0.379. The number of aliphatic imine (C=N–C) groups is 1. The van der Waals surface area contributed by atoms with Crippen LogP contribution in [0.2, 0.25) is 0 Å². The molecule has 0 atom stereocenters. The van der Waals surface area contributed by atoms with Crippen molar-refractivity contribution in [3.8, 4) is 0 Å². The third-order valence-electron chi connectivity index (χ3n) is 0.812. The second-order valence-electron chi connectivity index (χ2n) is 1.53. The van der Waals surface area contributed by atoms with Crippen LogP contribution in [-0.4, -0.2) is 24.0 Å². The molecule has 0 aliphatic rings. The number of hydrogen-bond acceptors (Lipinski definition) is 3. The van der Waals surface area contributed by atoms with Gasteiger partial charge >= 0.3 is 6.09 Å². The van der Waals surface area contributed by atoms with E-state index in [0.29, 0.717) is 6.61 Å². The van der Waals surface area contributed by atoms with Crippen LogP contribution in [0.5, 0.6) is 0 Å². The summed E-state index contributed by atoms with van der Waals surface area (Å²) in [5, 5.41) is 0.721. The highest BCUT2D eigenvalue weighted by atomic mass is 32.2. The quantitative estimate of drug-likeness (QED) is 0.435. The predicted octanol–water partition coefficient (Wildman–Crippen LogP) is 1.92. The van der Waals surface area contributed by atoms with Crippen LogP contribution in [0.1, 0.15) is 13.8 Å². The maximum Gasteiger partial charge on any atom is 0.434 e. The molecule has 0 saturated heterocycles. The maximum absolute atomic E-state index is 10.6. The van der Waals surface area contributed by atoms with Crippen LogP contribution in [-0.2, 0) is 4.74 Å². The van der Waals surface area contributed by atoms with Gasteiger partial charge < -0.3 is 4.74 Å². The minimum atomic E-state index is -0.505. The Morgan fingerprint density at radius 3 is 2.70 bits per heavy atom. The molecule has 0 aromatic heterocycles. The van der Waals surface area contributed by atoms with Gasteiger partial charge in [-0.15, -0.1) is 11.8 Å². The molecule has 58 valence electrons. The van der Waals surface area contributed by atoms with Gasteiger partial charge in [0.25, 0.3) is 0 Å². The summed E-state index contributed by atoms with van der Waals surface area (Å²) in [5.41, 5.74) is 0. The van der Waals surface area contributed by atoms with Gasteiger partial charge in [0.1, 0.15) is 0 Å². The molecule has 10 heavy (non-hydrogen) atoms. The van der Waals surface area contributed by atoms with E-state index in [2.05, 4.69) is 9.73 Å². The Hall–Kier alpha value is -0.510. The topological polar surface area (TPSA) is 38.7 Å². The maximum atomic E-state index is 10.6. The van der Waals surface area contributed by atoms with Crippen LogP contribution in [0.3, 0.4) is 0 Å². The second-order valence-corrected chi connectivity index (χ2v) is 2.53. The zero-order valence-corrected chi connectivity index (χ0v) is 7.20. The lowest BCUT2D eigenvalue weighted by Crippen LogP contribution is -1.99. The number of hydrogen-bond donors (Lipinski definition) is 0. The Kier molecular flexibility index (Phi) is 5.02. The summed E-state index contributed by atoms with van der Waals surface area (Å²) < 4.78 is 4.57. The Labute approximate surface area is 64.9 Å². The number of thioether (sulfide) groups is 1. The molecule has 0 aromatic rings. The van der Waals surface area contributed by atoms with Crippen molar-refractivity contribution in [2.75, 3.05) is 12.9 Å². The van der Waals surface area contributed by atoms with Crippen LogP contribution in [0.4, 0.5) is 4.79 Å². The zero-order valence-electron chi connectivity index (χ0n) is 6.38. The molecule has 0 spiro atoms. The fraction of sp³-hybridized carbons (Fsp3) is 0.667. The van der Waals surface area contributed by atoms with Gasteiger partial charge in [0, 0.05) is 0 Å². The Balaban J connectivity index is 3.75. The highest BCUT2D eigenvalue weighted by Gasteiger charge is 1.96. The van der Waals surface area contributed by atoms with Crippen molar-refractivity contribution in [2.45, 2.75) is 13.8 Å². The summed E-state index contributed by atoms with van der Waals surface area (Å²) in [6, 6.07) is 0. The van der Waals surface area contributed by atoms with Crippen LogP contribution in [0, 0.1) is 0 Å². The average Bonchev–Trinajstić information content (AvgIpc) is 1.88. The molecule has 0 aliphatic heterocycles. The van der Waals surface area contributed by atoms with Gasteiger partial charge in [0.05, 0.1) is 11.7 Å². The van der Waals surface area contributed by atoms with E-state index < -0.39 is 6.09 Å². The van der Waals surface area contributed by atoms with Crippen LogP contribution >= 0.6 is 11.8 Å². The summed E-state index contributed by atoms with van der Waals surface area (Å²) in [6.07, 6.45) is 1.35. The first-order valence-electron chi connectivity index (χ1n) is 2.96. The van der Waals surface area contributed by atoms with Crippen molar-refractivity contribution in [2.24, 2.45) is 4.99 Å². The van der Waals surface area contributed by atoms with Crippen molar-refractivity contribution < 1.29 is 9.53 Å². The van der Waals surface area contributed by atoms with Crippen LogP contribution in [0.15, 0.2) is 4.99 Å². The zero-order chi connectivity index (χ0) is 7.98. The van der Waals surface area contributed by atoms with Gasteiger partial charge in [-0.1, -0.05) is 0 Å². The lowest BCUT2D eigenvalue weighted by molar-refractivity contribution is 0.163. The summed E-state index contributed by atoms with van der Waals surface area (Å²) in [7, 11) is 0. The molecule has 0 aromatic carbocycles. The number of nitrogens with zero attached hydrogens (tertiary/aromatic N) is 1. The Bertz CT molecular complexity index is 145.